The minimum absolute atomic E-state index is 0.283. The lowest BCUT2D eigenvalue weighted by atomic mass is 10.1. The minimum atomic E-state index is -0.285. The summed E-state index contributed by atoms with van der Waals surface area (Å²) in [4.78, 5) is 17.2. The molecule has 5 nitrogen and oxygen atoms in total. The molecule has 4 aromatic rings. The molecule has 27 heavy (non-hydrogen) atoms. The number of anilines is 1. The van der Waals surface area contributed by atoms with E-state index in [1.807, 2.05) is 36.4 Å². The number of nitrogens with one attached hydrogen (secondary N) is 1. The molecule has 0 fully saturated rings. The van der Waals surface area contributed by atoms with E-state index in [0.29, 0.717) is 27.7 Å². The standard InChI is InChI=1S/C21H14ClN3O2/c22-15-9-6-10-16(13-15)23-20(26)17-11-4-5-12-18(17)21-24-19(25-27-21)14-7-2-1-3-8-14/h1-13H,(H,23,26). The van der Waals surface area contributed by atoms with Gasteiger partial charge in [-0.3, -0.25) is 4.79 Å². The van der Waals surface area contributed by atoms with Gasteiger partial charge in [0.1, 0.15) is 0 Å². The van der Waals surface area contributed by atoms with Crippen LogP contribution in [0.4, 0.5) is 5.69 Å². The third-order valence-electron chi connectivity index (χ3n) is 3.94. The summed E-state index contributed by atoms with van der Waals surface area (Å²) in [5.74, 6) is 0.466. The first-order chi connectivity index (χ1) is 13.2. The predicted octanol–water partition coefficient (Wildman–Crippen LogP) is 5.31. The number of hydrogen-bond acceptors (Lipinski definition) is 4. The summed E-state index contributed by atoms with van der Waals surface area (Å²) in [6, 6.07) is 23.6. The van der Waals surface area contributed by atoms with Crippen LogP contribution in [0.25, 0.3) is 22.8 Å². The second-order valence-corrected chi connectivity index (χ2v) is 6.24. The van der Waals surface area contributed by atoms with E-state index >= 15 is 0 Å². The Kier molecular flexibility index (Phi) is 4.68. The van der Waals surface area contributed by atoms with Crippen molar-refractivity contribution in [2.75, 3.05) is 5.32 Å². The van der Waals surface area contributed by atoms with Crippen molar-refractivity contribution < 1.29 is 9.32 Å². The first-order valence-electron chi connectivity index (χ1n) is 8.26. The van der Waals surface area contributed by atoms with Crippen molar-refractivity contribution in [3.63, 3.8) is 0 Å². The van der Waals surface area contributed by atoms with Gasteiger partial charge in [0.15, 0.2) is 0 Å². The van der Waals surface area contributed by atoms with E-state index in [1.165, 1.54) is 0 Å². The molecule has 0 radical (unpaired) electrons. The first kappa shape index (κ1) is 17.0. The molecule has 0 saturated heterocycles. The molecule has 1 N–H and O–H groups in total. The highest BCUT2D eigenvalue weighted by molar-refractivity contribution is 6.31. The van der Waals surface area contributed by atoms with Crippen LogP contribution in [-0.4, -0.2) is 16.0 Å². The SMILES string of the molecule is O=C(Nc1cccc(Cl)c1)c1ccccc1-c1nc(-c2ccccc2)no1. The van der Waals surface area contributed by atoms with Crippen molar-refractivity contribution in [3.05, 3.63) is 89.4 Å². The number of halogens is 1. The molecule has 0 spiro atoms. The van der Waals surface area contributed by atoms with Crippen molar-refractivity contribution in [3.8, 4) is 22.8 Å². The Morgan fingerprint density at radius 3 is 2.52 bits per heavy atom. The van der Waals surface area contributed by atoms with Crippen LogP contribution in [0, 0.1) is 0 Å². The highest BCUT2D eigenvalue weighted by atomic mass is 35.5. The Labute approximate surface area is 160 Å². The van der Waals surface area contributed by atoms with Gasteiger partial charge in [0.05, 0.1) is 11.1 Å². The lowest BCUT2D eigenvalue weighted by molar-refractivity contribution is 0.102. The van der Waals surface area contributed by atoms with E-state index in [1.54, 1.807) is 42.5 Å². The van der Waals surface area contributed by atoms with Gasteiger partial charge in [-0.2, -0.15) is 4.98 Å². The molecule has 0 aliphatic heterocycles. The van der Waals surface area contributed by atoms with Crippen LogP contribution < -0.4 is 5.32 Å². The number of rotatable bonds is 4. The lowest BCUT2D eigenvalue weighted by Crippen LogP contribution is -2.13. The van der Waals surface area contributed by atoms with Crippen molar-refractivity contribution in [1.82, 2.24) is 10.1 Å². The fraction of sp³-hybridized carbons (Fsp3) is 0. The fourth-order valence-electron chi connectivity index (χ4n) is 2.67. The summed E-state index contributed by atoms with van der Waals surface area (Å²) in [7, 11) is 0. The number of aromatic nitrogens is 2. The van der Waals surface area contributed by atoms with Crippen LogP contribution in [0.1, 0.15) is 10.4 Å². The summed E-state index contributed by atoms with van der Waals surface area (Å²) in [5, 5.41) is 7.40. The van der Waals surface area contributed by atoms with Crippen LogP contribution in [-0.2, 0) is 0 Å². The molecular weight excluding hydrogens is 362 g/mol. The molecular formula is C21H14ClN3O2. The average molecular weight is 376 g/mol. The zero-order valence-corrected chi connectivity index (χ0v) is 14.9. The number of hydrogen-bond donors (Lipinski definition) is 1. The van der Waals surface area contributed by atoms with Crippen LogP contribution in [0.3, 0.4) is 0 Å². The maximum Gasteiger partial charge on any atom is 0.259 e. The molecule has 132 valence electrons. The van der Waals surface area contributed by atoms with Crippen molar-refractivity contribution in [1.29, 1.82) is 0 Å². The predicted molar refractivity (Wildman–Crippen MR) is 105 cm³/mol. The zero-order chi connectivity index (χ0) is 18.6. The summed E-state index contributed by atoms with van der Waals surface area (Å²) in [6.07, 6.45) is 0. The van der Waals surface area contributed by atoms with E-state index in [4.69, 9.17) is 16.1 Å². The van der Waals surface area contributed by atoms with Gasteiger partial charge in [0.25, 0.3) is 11.8 Å². The van der Waals surface area contributed by atoms with E-state index in [-0.39, 0.29) is 11.8 Å². The molecule has 1 amide bonds. The summed E-state index contributed by atoms with van der Waals surface area (Å²) >= 11 is 5.98. The molecule has 1 aromatic heterocycles. The molecule has 6 heteroatoms. The number of carbonyl (C=O) groups is 1. The largest absolute Gasteiger partial charge is 0.334 e. The number of carbonyl (C=O) groups excluding carboxylic acids is 1. The Morgan fingerprint density at radius 1 is 0.926 bits per heavy atom. The first-order valence-corrected chi connectivity index (χ1v) is 8.64. The van der Waals surface area contributed by atoms with Crippen LogP contribution in [0.15, 0.2) is 83.4 Å². The number of nitrogens with zero attached hydrogens (tertiary/aromatic N) is 2. The van der Waals surface area contributed by atoms with Gasteiger partial charge in [0, 0.05) is 16.3 Å². The molecule has 3 aromatic carbocycles. The highest BCUT2D eigenvalue weighted by Gasteiger charge is 2.18. The van der Waals surface area contributed by atoms with Crippen molar-refractivity contribution in [2.24, 2.45) is 0 Å². The maximum absolute atomic E-state index is 12.8. The van der Waals surface area contributed by atoms with Gasteiger partial charge in [-0.05, 0) is 30.3 Å². The normalized spacial score (nSPS) is 10.6. The van der Waals surface area contributed by atoms with Gasteiger partial charge in [-0.25, -0.2) is 0 Å². The Bertz CT molecular complexity index is 1090. The maximum atomic E-state index is 12.8. The molecule has 0 atom stereocenters. The second-order valence-electron chi connectivity index (χ2n) is 5.80. The van der Waals surface area contributed by atoms with E-state index in [0.717, 1.165) is 5.56 Å². The smallest absolute Gasteiger partial charge is 0.259 e. The van der Waals surface area contributed by atoms with Crippen LogP contribution >= 0.6 is 11.6 Å². The molecule has 0 saturated carbocycles. The summed E-state index contributed by atoms with van der Waals surface area (Å²) in [5.41, 5.74) is 2.44. The fourth-order valence-corrected chi connectivity index (χ4v) is 2.86. The third-order valence-corrected chi connectivity index (χ3v) is 4.18. The lowest BCUT2D eigenvalue weighted by Gasteiger charge is -2.08. The summed E-state index contributed by atoms with van der Waals surface area (Å²) in [6.45, 7) is 0. The molecule has 0 aliphatic carbocycles. The highest BCUT2D eigenvalue weighted by Crippen LogP contribution is 2.26. The van der Waals surface area contributed by atoms with Gasteiger partial charge in [0.2, 0.25) is 5.82 Å². The van der Waals surface area contributed by atoms with Gasteiger partial charge in [-0.1, -0.05) is 65.3 Å². The summed E-state index contributed by atoms with van der Waals surface area (Å²) < 4.78 is 5.40. The van der Waals surface area contributed by atoms with Gasteiger partial charge in [-0.15, -0.1) is 0 Å². The Morgan fingerprint density at radius 2 is 1.70 bits per heavy atom. The average Bonchev–Trinajstić information content (AvgIpc) is 3.19. The van der Waals surface area contributed by atoms with E-state index in [2.05, 4.69) is 15.5 Å². The van der Waals surface area contributed by atoms with Gasteiger partial charge < -0.3 is 9.84 Å². The third kappa shape index (κ3) is 3.73. The topological polar surface area (TPSA) is 68.0 Å². The van der Waals surface area contributed by atoms with Crippen molar-refractivity contribution >= 4 is 23.2 Å². The van der Waals surface area contributed by atoms with E-state index < -0.39 is 0 Å². The Hall–Kier alpha value is -3.44. The quantitative estimate of drug-likeness (QED) is 0.525. The van der Waals surface area contributed by atoms with Gasteiger partial charge >= 0.3 is 0 Å². The van der Waals surface area contributed by atoms with Crippen molar-refractivity contribution in [2.45, 2.75) is 0 Å². The minimum Gasteiger partial charge on any atom is -0.334 e. The molecule has 0 aliphatic rings. The second kappa shape index (κ2) is 7.43. The number of amides is 1. The molecule has 0 bridgehead atoms. The molecule has 1 heterocycles. The number of benzene rings is 3. The Balaban J connectivity index is 1.65. The van der Waals surface area contributed by atoms with Crippen LogP contribution in [0.5, 0.6) is 0 Å². The monoisotopic (exact) mass is 375 g/mol. The zero-order valence-electron chi connectivity index (χ0n) is 14.1. The van der Waals surface area contributed by atoms with Crippen LogP contribution in [0.2, 0.25) is 5.02 Å². The van der Waals surface area contributed by atoms with E-state index in [9.17, 15) is 4.79 Å². The molecule has 0 unspecified atom stereocenters. The molecule has 4 rings (SSSR count).